The number of carbonyl (C=O) groups is 2. The zero-order valence-electron chi connectivity index (χ0n) is 17.0. The Morgan fingerprint density at radius 3 is 2.52 bits per heavy atom. The van der Waals surface area contributed by atoms with Gasteiger partial charge in [-0.1, -0.05) is 42.0 Å². The molecule has 1 aliphatic rings. The molecule has 6 nitrogen and oxygen atoms in total. The first-order valence-corrected chi connectivity index (χ1v) is 9.58. The van der Waals surface area contributed by atoms with E-state index in [-0.39, 0.29) is 17.3 Å². The summed E-state index contributed by atoms with van der Waals surface area (Å²) in [6.07, 6.45) is 1.59. The second-order valence-electron chi connectivity index (χ2n) is 6.87. The van der Waals surface area contributed by atoms with Gasteiger partial charge in [-0.05, 0) is 55.0 Å². The molecule has 3 aromatic carbocycles. The van der Waals surface area contributed by atoms with Gasteiger partial charge in [0.05, 0.1) is 12.7 Å². The number of nitrogens with zero attached hydrogens (tertiary/aromatic N) is 1. The quantitative estimate of drug-likeness (QED) is 0.348. The van der Waals surface area contributed by atoms with Crippen LogP contribution in [0.1, 0.15) is 27.0 Å². The highest BCUT2D eigenvalue weighted by Crippen LogP contribution is 2.30. The number of esters is 2. The van der Waals surface area contributed by atoms with Crippen molar-refractivity contribution in [3.63, 3.8) is 0 Å². The van der Waals surface area contributed by atoms with Crippen LogP contribution in [0.4, 0.5) is 0 Å². The Morgan fingerprint density at radius 1 is 0.968 bits per heavy atom. The minimum absolute atomic E-state index is 0.172. The van der Waals surface area contributed by atoms with E-state index >= 15 is 0 Å². The number of carbonyl (C=O) groups excluding carboxylic acids is 2. The van der Waals surface area contributed by atoms with Crippen molar-refractivity contribution in [1.29, 1.82) is 0 Å². The molecule has 0 radical (unpaired) electrons. The Labute approximate surface area is 179 Å². The molecule has 0 aliphatic carbocycles. The van der Waals surface area contributed by atoms with Gasteiger partial charge in [-0.25, -0.2) is 14.6 Å². The number of aliphatic imine (C=N–C) groups is 1. The van der Waals surface area contributed by atoms with Crippen LogP contribution in [-0.2, 0) is 9.53 Å². The number of rotatable bonds is 5. The Bertz CT molecular complexity index is 1210. The first-order valence-electron chi connectivity index (χ1n) is 9.58. The lowest BCUT2D eigenvalue weighted by atomic mass is 10.1. The number of aryl methyl sites for hydroxylation is 1. The van der Waals surface area contributed by atoms with Crippen LogP contribution >= 0.6 is 0 Å². The van der Waals surface area contributed by atoms with E-state index in [9.17, 15) is 9.59 Å². The van der Waals surface area contributed by atoms with E-state index in [2.05, 4.69) is 4.99 Å². The topological polar surface area (TPSA) is 74.2 Å². The molecule has 0 bridgehead atoms. The van der Waals surface area contributed by atoms with Crippen LogP contribution in [0.5, 0.6) is 11.5 Å². The van der Waals surface area contributed by atoms with Gasteiger partial charge < -0.3 is 14.2 Å². The highest BCUT2D eigenvalue weighted by atomic mass is 16.6. The van der Waals surface area contributed by atoms with Crippen molar-refractivity contribution in [1.82, 2.24) is 0 Å². The first kappa shape index (κ1) is 20.1. The normalized spacial score (nSPS) is 14.2. The number of ether oxygens (including phenoxy) is 3. The summed E-state index contributed by atoms with van der Waals surface area (Å²) in [5, 5.41) is 0. The third kappa shape index (κ3) is 4.53. The van der Waals surface area contributed by atoms with Crippen LogP contribution in [0.15, 0.2) is 83.5 Å². The second-order valence-corrected chi connectivity index (χ2v) is 6.87. The molecule has 0 N–H and O–H groups in total. The standard InChI is InChI=1S/C25H19NO5/c1-16-7-6-10-19(13-16)24(27)30-21-12-11-17(15-22(21)29-2)14-20-25(28)31-23(26-20)18-8-4-3-5-9-18/h3-15H,1-2H3/b20-14-. The van der Waals surface area contributed by atoms with Crippen LogP contribution in [0.2, 0.25) is 0 Å². The summed E-state index contributed by atoms with van der Waals surface area (Å²) in [6, 6.07) is 21.3. The molecular weight excluding hydrogens is 394 g/mol. The van der Waals surface area contributed by atoms with Gasteiger partial charge in [0, 0.05) is 5.56 Å². The van der Waals surface area contributed by atoms with Crippen molar-refractivity contribution >= 4 is 23.9 Å². The molecule has 0 amide bonds. The van der Waals surface area contributed by atoms with Crippen LogP contribution in [0.3, 0.4) is 0 Å². The molecule has 0 fully saturated rings. The summed E-state index contributed by atoms with van der Waals surface area (Å²) in [6.45, 7) is 1.90. The van der Waals surface area contributed by atoms with Crippen molar-refractivity contribution in [2.24, 2.45) is 4.99 Å². The summed E-state index contributed by atoms with van der Waals surface area (Å²) in [7, 11) is 1.48. The van der Waals surface area contributed by atoms with E-state index in [0.29, 0.717) is 16.9 Å². The van der Waals surface area contributed by atoms with Crippen molar-refractivity contribution in [2.45, 2.75) is 6.92 Å². The molecule has 0 atom stereocenters. The summed E-state index contributed by atoms with van der Waals surface area (Å²) < 4.78 is 16.1. The van der Waals surface area contributed by atoms with Crippen LogP contribution in [-0.4, -0.2) is 24.9 Å². The van der Waals surface area contributed by atoms with Gasteiger partial charge in [0.15, 0.2) is 17.2 Å². The van der Waals surface area contributed by atoms with Gasteiger partial charge in [0.1, 0.15) is 0 Å². The molecule has 0 saturated carbocycles. The van der Waals surface area contributed by atoms with Crippen molar-refractivity contribution in [3.8, 4) is 11.5 Å². The minimum atomic E-state index is -0.534. The number of cyclic esters (lactones) is 1. The fourth-order valence-electron chi connectivity index (χ4n) is 3.06. The summed E-state index contributed by atoms with van der Waals surface area (Å²) in [4.78, 5) is 28.9. The van der Waals surface area contributed by atoms with Crippen molar-refractivity contribution in [3.05, 3.63) is 101 Å². The lowest BCUT2D eigenvalue weighted by Gasteiger charge is -2.10. The summed E-state index contributed by atoms with van der Waals surface area (Å²) in [5.41, 5.74) is 2.95. The maximum absolute atomic E-state index is 12.4. The molecule has 4 rings (SSSR count). The van der Waals surface area contributed by atoms with Crippen LogP contribution in [0, 0.1) is 6.92 Å². The van der Waals surface area contributed by atoms with Gasteiger partial charge in [-0.3, -0.25) is 0 Å². The lowest BCUT2D eigenvalue weighted by molar-refractivity contribution is -0.129. The first-order chi connectivity index (χ1) is 15.0. The molecule has 0 saturated heterocycles. The molecule has 1 aliphatic heterocycles. The van der Waals surface area contributed by atoms with E-state index in [0.717, 1.165) is 11.1 Å². The molecule has 6 heteroatoms. The zero-order chi connectivity index (χ0) is 21.8. The molecule has 154 valence electrons. The fraction of sp³-hybridized carbons (Fsp3) is 0.0800. The second kappa shape index (κ2) is 8.67. The van der Waals surface area contributed by atoms with Crippen molar-refractivity contribution < 1.29 is 23.8 Å². The number of benzene rings is 3. The molecular formula is C25H19NO5. The molecule has 1 heterocycles. The van der Waals surface area contributed by atoms with Crippen molar-refractivity contribution in [2.75, 3.05) is 7.11 Å². The maximum Gasteiger partial charge on any atom is 0.363 e. The van der Waals surface area contributed by atoms with E-state index in [1.807, 2.05) is 43.3 Å². The smallest absolute Gasteiger partial charge is 0.363 e. The number of methoxy groups -OCH3 is 1. The summed E-state index contributed by atoms with van der Waals surface area (Å²) >= 11 is 0. The molecule has 0 aromatic heterocycles. The number of hydrogen-bond acceptors (Lipinski definition) is 6. The Hall–Kier alpha value is -4.19. The molecule has 31 heavy (non-hydrogen) atoms. The third-order valence-corrected chi connectivity index (χ3v) is 4.59. The van der Waals surface area contributed by atoms with Gasteiger partial charge >= 0.3 is 11.9 Å². The van der Waals surface area contributed by atoms with Gasteiger partial charge in [0.25, 0.3) is 0 Å². The monoisotopic (exact) mass is 413 g/mol. The average molecular weight is 413 g/mol. The molecule has 0 unspecified atom stereocenters. The van der Waals surface area contributed by atoms with E-state index in [1.165, 1.54) is 7.11 Å². The Kier molecular flexibility index (Phi) is 5.62. The largest absolute Gasteiger partial charge is 0.493 e. The highest BCUT2D eigenvalue weighted by Gasteiger charge is 2.24. The lowest BCUT2D eigenvalue weighted by Crippen LogP contribution is -2.09. The summed E-state index contributed by atoms with van der Waals surface area (Å²) in [5.74, 6) is -0.127. The van der Waals surface area contributed by atoms with E-state index in [1.54, 1.807) is 42.5 Å². The van der Waals surface area contributed by atoms with Gasteiger partial charge in [0.2, 0.25) is 5.90 Å². The maximum atomic E-state index is 12.4. The third-order valence-electron chi connectivity index (χ3n) is 4.59. The van der Waals surface area contributed by atoms with Gasteiger partial charge in [-0.15, -0.1) is 0 Å². The SMILES string of the molecule is COc1cc(/C=C2\N=C(c3ccccc3)OC2=O)ccc1OC(=O)c1cccc(C)c1. The fourth-order valence-corrected chi connectivity index (χ4v) is 3.06. The Morgan fingerprint density at radius 2 is 1.77 bits per heavy atom. The minimum Gasteiger partial charge on any atom is -0.493 e. The van der Waals surface area contributed by atoms with Crippen LogP contribution < -0.4 is 9.47 Å². The molecule has 0 spiro atoms. The Balaban J connectivity index is 1.57. The van der Waals surface area contributed by atoms with E-state index in [4.69, 9.17) is 14.2 Å². The predicted molar refractivity (Wildman–Crippen MR) is 116 cm³/mol. The molecule has 3 aromatic rings. The van der Waals surface area contributed by atoms with E-state index < -0.39 is 11.9 Å². The average Bonchev–Trinajstić information content (AvgIpc) is 3.15. The number of hydrogen-bond donors (Lipinski definition) is 0. The predicted octanol–water partition coefficient (Wildman–Crippen LogP) is 4.57. The zero-order valence-corrected chi connectivity index (χ0v) is 17.0. The van der Waals surface area contributed by atoms with Gasteiger partial charge in [-0.2, -0.15) is 0 Å². The highest BCUT2D eigenvalue weighted by molar-refractivity contribution is 6.12. The van der Waals surface area contributed by atoms with Crippen LogP contribution in [0.25, 0.3) is 6.08 Å².